The first-order valence-electron chi connectivity index (χ1n) is 4.62. The summed E-state index contributed by atoms with van der Waals surface area (Å²) in [5.74, 6) is -0.126. The van der Waals surface area contributed by atoms with Gasteiger partial charge in [0.2, 0.25) is 0 Å². The van der Waals surface area contributed by atoms with Gasteiger partial charge in [0.15, 0.2) is 0 Å². The average Bonchev–Trinajstić information content (AvgIpc) is 2.30. The summed E-state index contributed by atoms with van der Waals surface area (Å²) >= 11 is 0. The standard InChI is InChI=1S/C11H10N4/c12-6-9-10(14-7-15-11(9)13)8-4-2-1-3-5-8/h1-5,7,9-10H,(H2,13,14,15). The third kappa shape index (κ3) is 1.72. The predicted octanol–water partition coefficient (Wildman–Crippen LogP) is 1.27. The number of nitriles is 1. The average molecular weight is 198 g/mol. The van der Waals surface area contributed by atoms with Crippen molar-refractivity contribution >= 4 is 12.2 Å². The highest BCUT2D eigenvalue weighted by Crippen LogP contribution is 2.27. The van der Waals surface area contributed by atoms with Gasteiger partial charge in [0, 0.05) is 0 Å². The Morgan fingerprint density at radius 1 is 1.27 bits per heavy atom. The van der Waals surface area contributed by atoms with Gasteiger partial charge in [-0.2, -0.15) is 5.26 Å². The van der Waals surface area contributed by atoms with Gasteiger partial charge in [-0.1, -0.05) is 30.3 Å². The summed E-state index contributed by atoms with van der Waals surface area (Å²) in [5.41, 5.74) is 6.64. The Bertz CT molecular complexity index is 441. The molecular formula is C11H10N4. The number of nitrogens with two attached hydrogens (primary N) is 1. The lowest BCUT2D eigenvalue weighted by Crippen LogP contribution is -2.29. The Morgan fingerprint density at radius 3 is 2.67 bits per heavy atom. The molecule has 74 valence electrons. The quantitative estimate of drug-likeness (QED) is 0.737. The first-order chi connectivity index (χ1) is 7.33. The minimum Gasteiger partial charge on any atom is -0.386 e. The van der Waals surface area contributed by atoms with E-state index >= 15 is 0 Å². The number of nitrogens with zero attached hydrogens (tertiary/aromatic N) is 3. The van der Waals surface area contributed by atoms with E-state index in [2.05, 4.69) is 16.1 Å². The van der Waals surface area contributed by atoms with Crippen molar-refractivity contribution in [3.05, 3.63) is 35.9 Å². The molecule has 1 aliphatic rings. The zero-order valence-electron chi connectivity index (χ0n) is 8.04. The highest BCUT2D eigenvalue weighted by Gasteiger charge is 2.27. The van der Waals surface area contributed by atoms with E-state index < -0.39 is 5.92 Å². The van der Waals surface area contributed by atoms with Crippen molar-refractivity contribution in [1.82, 2.24) is 0 Å². The van der Waals surface area contributed by atoms with Crippen LogP contribution in [0.5, 0.6) is 0 Å². The van der Waals surface area contributed by atoms with Crippen LogP contribution in [0.3, 0.4) is 0 Å². The summed E-state index contributed by atoms with van der Waals surface area (Å²) in [7, 11) is 0. The maximum Gasteiger partial charge on any atom is 0.130 e. The summed E-state index contributed by atoms with van der Waals surface area (Å²) in [6.07, 6.45) is 1.42. The van der Waals surface area contributed by atoms with Crippen LogP contribution in [0.25, 0.3) is 0 Å². The maximum atomic E-state index is 9.01. The van der Waals surface area contributed by atoms with E-state index in [0.717, 1.165) is 5.56 Å². The van der Waals surface area contributed by atoms with Crippen molar-refractivity contribution in [3.63, 3.8) is 0 Å². The lowest BCUT2D eigenvalue weighted by Gasteiger charge is -2.20. The van der Waals surface area contributed by atoms with Gasteiger partial charge in [-0.15, -0.1) is 0 Å². The number of rotatable bonds is 1. The van der Waals surface area contributed by atoms with E-state index in [9.17, 15) is 0 Å². The molecule has 0 bridgehead atoms. The molecule has 15 heavy (non-hydrogen) atoms. The Balaban J connectivity index is 2.36. The van der Waals surface area contributed by atoms with E-state index in [4.69, 9.17) is 11.0 Å². The third-order valence-corrected chi connectivity index (χ3v) is 2.35. The van der Waals surface area contributed by atoms with Crippen molar-refractivity contribution < 1.29 is 0 Å². The molecule has 4 nitrogen and oxygen atoms in total. The van der Waals surface area contributed by atoms with Crippen LogP contribution >= 0.6 is 0 Å². The van der Waals surface area contributed by atoms with Gasteiger partial charge in [-0.3, -0.25) is 4.99 Å². The molecule has 0 radical (unpaired) electrons. The summed E-state index contributed by atoms with van der Waals surface area (Å²) in [5, 5.41) is 9.01. The van der Waals surface area contributed by atoms with E-state index in [-0.39, 0.29) is 6.04 Å². The molecule has 0 fully saturated rings. The van der Waals surface area contributed by atoms with Crippen molar-refractivity contribution in [2.45, 2.75) is 6.04 Å². The van der Waals surface area contributed by atoms with Crippen molar-refractivity contribution in [1.29, 1.82) is 5.26 Å². The second kappa shape index (κ2) is 3.93. The molecule has 0 aliphatic carbocycles. The molecule has 2 N–H and O–H groups in total. The fourth-order valence-electron chi connectivity index (χ4n) is 1.57. The van der Waals surface area contributed by atoms with Crippen LogP contribution in [0.4, 0.5) is 0 Å². The molecule has 0 spiro atoms. The first-order valence-corrected chi connectivity index (χ1v) is 4.62. The topological polar surface area (TPSA) is 74.5 Å². The van der Waals surface area contributed by atoms with E-state index in [1.807, 2.05) is 30.3 Å². The number of hydrogen-bond donors (Lipinski definition) is 1. The van der Waals surface area contributed by atoms with Gasteiger partial charge in [0.05, 0.1) is 12.1 Å². The second-order valence-corrected chi connectivity index (χ2v) is 3.28. The summed E-state index contributed by atoms with van der Waals surface area (Å²) in [6.45, 7) is 0. The summed E-state index contributed by atoms with van der Waals surface area (Å²) in [6, 6.07) is 11.5. The molecule has 2 rings (SSSR count). The Kier molecular flexibility index (Phi) is 2.46. The zero-order valence-corrected chi connectivity index (χ0v) is 8.04. The number of hydrogen-bond acceptors (Lipinski definition) is 4. The highest BCUT2D eigenvalue weighted by molar-refractivity contribution is 5.93. The Morgan fingerprint density at radius 2 is 2.00 bits per heavy atom. The Hall–Kier alpha value is -2.15. The SMILES string of the molecule is N#CC1C(N)=NC=NC1c1ccccc1. The molecule has 2 unspecified atom stereocenters. The molecule has 0 saturated carbocycles. The van der Waals surface area contributed by atoms with Crippen molar-refractivity contribution in [3.8, 4) is 6.07 Å². The number of benzene rings is 1. The van der Waals surface area contributed by atoms with Crippen LogP contribution in [-0.2, 0) is 0 Å². The van der Waals surface area contributed by atoms with Crippen LogP contribution in [0.1, 0.15) is 11.6 Å². The Labute approximate surface area is 87.8 Å². The molecule has 1 heterocycles. The smallest absolute Gasteiger partial charge is 0.130 e. The largest absolute Gasteiger partial charge is 0.386 e. The van der Waals surface area contributed by atoms with Crippen LogP contribution in [-0.4, -0.2) is 12.2 Å². The van der Waals surface area contributed by atoms with Gasteiger partial charge in [0.25, 0.3) is 0 Å². The van der Waals surface area contributed by atoms with E-state index in [0.29, 0.717) is 5.84 Å². The van der Waals surface area contributed by atoms with Gasteiger partial charge in [-0.05, 0) is 5.56 Å². The maximum absolute atomic E-state index is 9.01. The lowest BCUT2D eigenvalue weighted by molar-refractivity contribution is 0.650. The van der Waals surface area contributed by atoms with Crippen LogP contribution in [0, 0.1) is 17.2 Å². The lowest BCUT2D eigenvalue weighted by atomic mass is 9.93. The van der Waals surface area contributed by atoms with E-state index in [1.54, 1.807) is 0 Å². The molecule has 4 heteroatoms. The van der Waals surface area contributed by atoms with Crippen molar-refractivity contribution in [2.75, 3.05) is 0 Å². The summed E-state index contributed by atoms with van der Waals surface area (Å²) < 4.78 is 0. The van der Waals surface area contributed by atoms with Crippen LogP contribution in [0.2, 0.25) is 0 Å². The fraction of sp³-hybridized carbons (Fsp3) is 0.182. The van der Waals surface area contributed by atoms with Crippen molar-refractivity contribution in [2.24, 2.45) is 21.6 Å². The molecule has 1 aliphatic heterocycles. The first kappa shape index (κ1) is 9.41. The predicted molar refractivity (Wildman–Crippen MR) is 58.4 cm³/mol. The molecule has 1 aromatic rings. The van der Waals surface area contributed by atoms with E-state index in [1.165, 1.54) is 6.34 Å². The molecule has 0 saturated heterocycles. The third-order valence-electron chi connectivity index (χ3n) is 2.35. The normalized spacial score (nSPS) is 24.3. The summed E-state index contributed by atoms with van der Waals surface area (Å²) in [4.78, 5) is 8.03. The monoisotopic (exact) mass is 198 g/mol. The molecule has 2 atom stereocenters. The fourth-order valence-corrected chi connectivity index (χ4v) is 1.57. The van der Waals surface area contributed by atoms with Gasteiger partial charge in [-0.25, -0.2) is 4.99 Å². The molecule has 0 amide bonds. The number of aliphatic imine (C=N–C) groups is 2. The molecule has 0 aromatic heterocycles. The van der Waals surface area contributed by atoms with Crippen LogP contribution in [0.15, 0.2) is 40.3 Å². The van der Waals surface area contributed by atoms with Gasteiger partial charge >= 0.3 is 0 Å². The van der Waals surface area contributed by atoms with Gasteiger partial charge < -0.3 is 5.73 Å². The zero-order chi connectivity index (χ0) is 10.7. The molecular weight excluding hydrogens is 188 g/mol. The number of amidine groups is 1. The van der Waals surface area contributed by atoms with Crippen LogP contribution < -0.4 is 5.73 Å². The molecule has 1 aromatic carbocycles. The minimum atomic E-state index is -0.461. The second-order valence-electron chi connectivity index (χ2n) is 3.28. The minimum absolute atomic E-state index is 0.228. The van der Waals surface area contributed by atoms with Gasteiger partial charge in [0.1, 0.15) is 18.1 Å². The highest BCUT2D eigenvalue weighted by atomic mass is 15.0.